The van der Waals surface area contributed by atoms with Crippen LogP contribution in [0.1, 0.15) is 25.6 Å². The summed E-state index contributed by atoms with van der Waals surface area (Å²) in [6.07, 6.45) is 4.07. The van der Waals surface area contributed by atoms with Gasteiger partial charge < -0.3 is 10.1 Å². The zero-order chi connectivity index (χ0) is 16.1. The molecular weight excluding hydrogens is 290 g/mol. The molecule has 1 fully saturated rings. The average Bonchev–Trinajstić information content (AvgIpc) is 3.04. The first kappa shape index (κ1) is 15.6. The first-order valence-corrected chi connectivity index (χ1v) is 7.97. The van der Waals surface area contributed by atoms with Crippen LogP contribution in [0.5, 0.6) is 0 Å². The van der Waals surface area contributed by atoms with Crippen LogP contribution in [-0.4, -0.2) is 34.6 Å². The fourth-order valence-corrected chi connectivity index (χ4v) is 2.72. The summed E-state index contributed by atoms with van der Waals surface area (Å²) in [4.78, 5) is 21.0. The van der Waals surface area contributed by atoms with Gasteiger partial charge in [-0.3, -0.25) is 4.79 Å². The monoisotopic (exact) mass is 311 g/mol. The van der Waals surface area contributed by atoms with Crippen LogP contribution in [0.15, 0.2) is 42.6 Å². The second-order valence-electron chi connectivity index (χ2n) is 5.91. The zero-order valence-electron chi connectivity index (χ0n) is 13.3. The van der Waals surface area contributed by atoms with E-state index in [1.807, 2.05) is 43.3 Å². The van der Waals surface area contributed by atoms with E-state index in [1.165, 1.54) is 0 Å². The predicted octanol–water partition coefficient (Wildman–Crippen LogP) is 2.37. The molecule has 3 rings (SSSR count). The SMILES string of the molecule is CC1(C(=O)NCCc2nccc(-c3ccccc3)n2)CCCO1. The van der Waals surface area contributed by atoms with Crippen molar-refractivity contribution in [3.05, 3.63) is 48.4 Å². The number of amides is 1. The Labute approximate surface area is 136 Å². The molecule has 0 spiro atoms. The normalized spacial score (nSPS) is 20.4. The molecule has 1 aliphatic heterocycles. The highest BCUT2D eigenvalue weighted by Crippen LogP contribution is 2.24. The Hall–Kier alpha value is -2.27. The molecule has 1 aliphatic rings. The lowest BCUT2D eigenvalue weighted by molar-refractivity contribution is -0.139. The summed E-state index contributed by atoms with van der Waals surface area (Å²) in [6.45, 7) is 3.02. The van der Waals surface area contributed by atoms with Crippen LogP contribution in [0.3, 0.4) is 0 Å². The smallest absolute Gasteiger partial charge is 0.251 e. The van der Waals surface area contributed by atoms with Crippen molar-refractivity contribution in [1.82, 2.24) is 15.3 Å². The molecule has 2 aromatic rings. The number of hydrogen-bond acceptors (Lipinski definition) is 4. The molecule has 1 N–H and O–H groups in total. The van der Waals surface area contributed by atoms with Crippen molar-refractivity contribution >= 4 is 5.91 Å². The van der Waals surface area contributed by atoms with Crippen LogP contribution >= 0.6 is 0 Å². The van der Waals surface area contributed by atoms with Crippen LogP contribution in [0.25, 0.3) is 11.3 Å². The summed E-state index contributed by atoms with van der Waals surface area (Å²) >= 11 is 0. The molecule has 5 heteroatoms. The van der Waals surface area contributed by atoms with Gasteiger partial charge in [0.25, 0.3) is 5.91 Å². The van der Waals surface area contributed by atoms with Crippen molar-refractivity contribution in [1.29, 1.82) is 0 Å². The lowest BCUT2D eigenvalue weighted by Gasteiger charge is -2.21. The van der Waals surface area contributed by atoms with Crippen LogP contribution in [-0.2, 0) is 16.0 Å². The minimum absolute atomic E-state index is 0.0470. The minimum atomic E-state index is -0.674. The Morgan fingerprint density at radius 2 is 2.13 bits per heavy atom. The Bertz CT molecular complexity index is 667. The first-order chi connectivity index (χ1) is 11.2. The molecule has 1 unspecified atom stereocenters. The van der Waals surface area contributed by atoms with Crippen LogP contribution < -0.4 is 5.32 Å². The second kappa shape index (κ2) is 6.87. The van der Waals surface area contributed by atoms with E-state index in [0.717, 1.165) is 29.9 Å². The Balaban J connectivity index is 1.58. The van der Waals surface area contributed by atoms with Gasteiger partial charge in [-0.1, -0.05) is 30.3 Å². The number of rotatable bonds is 5. The molecular formula is C18H21N3O2. The highest BCUT2D eigenvalue weighted by atomic mass is 16.5. The number of nitrogens with zero attached hydrogens (tertiary/aromatic N) is 2. The third kappa shape index (κ3) is 3.74. The van der Waals surface area contributed by atoms with Gasteiger partial charge in [-0.25, -0.2) is 9.97 Å². The van der Waals surface area contributed by atoms with Crippen molar-refractivity contribution < 1.29 is 9.53 Å². The lowest BCUT2D eigenvalue weighted by Crippen LogP contribution is -2.44. The topological polar surface area (TPSA) is 64.1 Å². The molecule has 1 aromatic carbocycles. The van der Waals surface area contributed by atoms with E-state index in [-0.39, 0.29) is 5.91 Å². The maximum absolute atomic E-state index is 12.2. The predicted molar refractivity (Wildman–Crippen MR) is 87.8 cm³/mol. The fourth-order valence-electron chi connectivity index (χ4n) is 2.72. The molecule has 0 radical (unpaired) electrons. The molecule has 0 aliphatic carbocycles. The molecule has 0 saturated carbocycles. The quantitative estimate of drug-likeness (QED) is 0.921. The van der Waals surface area contributed by atoms with Crippen LogP contribution in [0, 0.1) is 0 Å². The van der Waals surface area contributed by atoms with Gasteiger partial charge in [0.1, 0.15) is 11.4 Å². The molecule has 5 nitrogen and oxygen atoms in total. The van der Waals surface area contributed by atoms with Gasteiger partial charge in [0.2, 0.25) is 0 Å². The highest BCUT2D eigenvalue weighted by molar-refractivity contribution is 5.84. The summed E-state index contributed by atoms with van der Waals surface area (Å²) in [6, 6.07) is 11.9. The Kier molecular flexibility index (Phi) is 4.67. The third-order valence-corrected chi connectivity index (χ3v) is 4.11. The number of carbonyl (C=O) groups excluding carboxylic acids is 1. The maximum atomic E-state index is 12.2. The molecule has 0 bridgehead atoms. The van der Waals surface area contributed by atoms with Crippen molar-refractivity contribution in [3.8, 4) is 11.3 Å². The number of aromatic nitrogens is 2. The lowest BCUT2D eigenvalue weighted by atomic mass is 10.0. The molecule has 120 valence electrons. The third-order valence-electron chi connectivity index (χ3n) is 4.11. The van der Waals surface area contributed by atoms with E-state index < -0.39 is 5.60 Å². The van der Waals surface area contributed by atoms with Gasteiger partial charge in [0, 0.05) is 31.3 Å². The van der Waals surface area contributed by atoms with Crippen molar-refractivity contribution in [2.45, 2.75) is 31.8 Å². The van der Waals surface area contributed by atoms with E-state index in [0.29, 0.717) is 19.6 Å². The largest absolute Gasteiger partial charge is 0.365 e. The second-order valence-corrected chi connectivity index (χ2v) is 5.91. The van der Waals surface area contributed by atoms with Gasteiger partial charge in [-0.2, -0.15) is 0 Å². The van der Waals surface area contributed by atoms with E-state index >= 15 is 0 Å². The van der Waals surface area contributed by atoms with Crippen molar-refractivity contribution in [2.75, 3.05) is 13.2 Å². The van der Waals surface area contributed by atoms with E-state index in [2.05, 4.69) is 15.3 Å². The van der Waals surface area contributed by atoms with Crippen LogP contribution in [0.4, 0.5) is 0 Å². The average molecular weight is 311 g/mol. The first-order valence-electron chi connectivity index (χ1n) is 7.97. The minimum Gasteiger partial charge on any atom is -0.365 e. The number of benzene rings is 1. The van der Waals surface area contributed by atoms with Crippen molar-refractivity contribution in [2.24, 2.45) is 0 Å². The summed E-state index contributed by atoms with van der Waals surface area (Å²) in [5.41, 5.74) is 1.28. The van der Waals surface area contributed by atoms with Crippen molar-refractivity contribution in [3.63, 3.8) is 0 Å². The highest BCUT2D eigenvalue weighted by Gasteiger charge is 2.37. The molecule has 1 amide bonds. The van der Waals surface area contributed by atoms with Gasteiger partial charge in [0.15, 0.2) is 0 Å². The van der Waals surface area contributed by atoms with Gasteiger partial charge in [-0.15, -0.1) is 0 Å². The molecule has 23 heavy (non-hydrogen) atoms. The number of nitrogens with one attached hydrogen (secondary N) is 1. The molecule has 1 saturated heterocycles. The van der Waals surface area contributed by atoms with E-state index in [9.17, 15) is 4.79 Å². The number of carbonyl (C=O) groups is 1. The standard InChI is InChI=1S/C18H21N3O2/c1-18(10-5-13-23-18)17(22)20-12-9-16-19-11-8-15(21-16)14-6-3-2-4-7-14/h2-4,6-8,11H,5,9-10,12-13H2,1H3,(H,20,22). The van der Waals surface area contributed by atoms with Gasteiger partial charge >= 0.3 is 0 Å². The summed E-state index contributed by atoms with van der Waals surface area (Å²) in [5, 5.41) is 2.93. The van der Waals surface area contributed by atoms with E-state index in [1.54, 1.807) is 6.20 Å². The molecule has 1 atom stereocenters. The molecule has 2 heterocycles. The Morgan fingerprint density at radius 3 is 2.87 bits per heavy atom. The fraction of sp³-hybridized carbons (Fsp3) is 0.389. The number of hydrogen-bond donors (Lipinski definition) is 1. The molecule has 1 aromatic heterocycles. The summed E-state index contributed by atoms with van der Waals surface area (Å²) in [5.74, 6) is 0.679. The maximum Gasteiger partial charge on any atom is 0.251 e. The zero-order valence-corrected chi connectivity index (χ0v) is 13.3. The summed E-state index contributed by atoms with van der Waals surface area (Å²) in [7, 11) is 0. The van der Waals surface area contributed by atoms with Gasteiger partial charge in [0.05, 0.1) is 5.69 Å². The van der Waals surface area contributed by atoms with Gasteiger partial charge in [-0.05, 0) is 25.8 Å². The van der Waals surface area contributed by atoms with Crippen LogP contribution in [0.2, 0.25) is 0 Å². The summed E-state index contributed by atoms with van der Waals surface area (Å²) < 4.78 is 5.54. The Morgan fingerprint density at radius 1 is 1.30 bits per heavy atom. The number of ether oxygens (including phenoxy) is 1. The van der Waals surface area contributed by atoms with E-state index in [4.69, 9.17) is 4.74 Å².